The van der Waals surface area contributed by atoms with Gasteiger partial charge in [0.25, 0.3) is 5.91 Å². The van der Waals surface area contributed by atoms with Crippen molar-refractivity contribution in [1.82, 2.24) is 0 Å². The summed E-state index contributed by atoms with van der Waals surface area (Å²) in [6.45, 7) is 0.810. The lowest BCUT2D eigenvalue weighted by Crippen LogP contribution is -2.23. The number of nitrogens with one attached hydrogen (secondary N) is 1. The third-order valence-corrected chi connectivity index (χ3v) is 5.26. The molecule has 0 radical (unpaired) electrons. The molecule has 3 N–H and O–H groups in total. The van der Waals surface area contributed by atoms with Crippen LogP contribution in [-0.4, -0.2) is 32.6 Å². The van der Waals surface area contributed by atoms with Crippen molar-refractivity contribution >= 4 is 40.5 Å². The minimum Gasteiger partial charge on any atom is -0.494 e. The summed E-state index contributed by atoms with van der Waals surface area (Å²) in [6, 6.07) is 21.3. The molecule has 174 valence electrons. The van der Waals surface area contributed by atoms with Crippen LogP contribution in [0, 0.1) is 0 Å². The summed E-state index contributed by atoms with van der Waals surface area (Å²) in [5.74, 6) is 1.43. The smallest absolute Gasteiger partial charge is 0.255 e. The fourth-order valence-electron chi connectivity index (χ4n) is 3.47. The van der Waals surface area contributed by atoms with Gasteiger partial charge in [-0.1, -0.05) is 24.3 Å². The van der Waals surface area contributed by atoms with Gasteiger partial charge in [-0.25, -0.2) is 0 Å². The zero-order chi connectivity index (χ0) is 23.9. The summed E-state index contributed by atoms with van der Waals surface area (Å²) in [6.07, 6.45) is 1.32. The number of ether oxygens (including phenoxy) is 2. The highest BCUT2D eigenvalue weighted by Crippen LogP contribution is 2.32. The topological polar surface area (TPSA) is 107 Å². The lowest BCUT2D eigenvalue weighted by atomic mass is 10.2. The molecule has 0 aliphatic heterocycles. The summed E-state index contributed by atoms with van der Waals surface area (Å²) in [5, 5.41) is 3.65. The number of anilines is 3. The van der Waals surface area contributed by atoms with Gasteiger partial charge in [0, 0.05) is 23.6 Å². The van der Waals surface area contributed by atoms with Crippen molar-refractivity contribution in [1.29, 1.82) is 0 Å². The molecule has 8 nitrogen and oxygen atoms in total. The lowest BCUT2D eigenvalue weighted by molar-refractivity contribution is -0.107. The fraction of sp³-hybridized carbons (Fsp3) is 0.154. The van der Waals surface area contributed by atoms with Crippen molar-refractivity contribution in [2.24, 2.45) is 0 Å². The monoisotopic (exact) mass is 459 g/mol. The van der Waals surface area contributed by atoms with Gasteiger partial charge in [-0.05, 0) is 48.9 Å². The van der Waals surface area contributed by atoms with Crippen molar-refractivity contribution in [2.75, 3.05) is 36.2 Å². The van der Waals surface area contributed by atoms with Crippen LogP contribution in [0.3, 0.4) is 0 Å². The Morgan fingerprint density at radius 1 is 1.09 bits per heavy atom. The Bertz CT molecular complexity index is 1280. The second kappa shape index (κ2) is 10.4. The summed E-state index contributed by atoms with van der Waals surface area (Å²) in [7, 11) is 1.57. The number of nitrogens with zero attached hydrogens (tertiary/aromatic N) is 1. The van der Waals surface area contributed by atoms with Gasteiger partial charge in [0.15, 0.2) is 11.3 Å². The van der Waals surface area contributed by atoms with Gasteiger partial charge in [-0.3, -0.25) is 14.5 Å². The van der Waals surface area contributed by atoms with E-state index in [9.17, 15) is 9.59 Å². The molecule has 0 aliphatic rings. The van der Waals surface area contributed by atoms with Gasteiger partial charge in [0.1, 0.15) is 5.75 Å². The predicted molar refractivity (Wildman–Crippen MR) is 132 cm³/mol. The quantitative estimate of drug-likeness (QED) is 0.202. The number of para-hydroxylation sites is 3. The van der Waals surface area contributed by atoms with E-state index >= 15 is 0 Å². The second-order valence-electron chi connectivity index (χ2n) is 7.53. The Balaban J connectivity index is 1.29. The molecule has 0 saturated carbocycles. The molecule has 8 heteroatoms. The third-order valence-electron chi connectivity index (χ3n) is 5.26. The van der Waals surface area contributed by atoms with Crippen LogP contribution in [0.1, 0.15) is 16.8 Å². The molecule has 0 fully saturated rings. The Labute approximate surface area is 196 Å². The van der Waals surface area contributed by atoms with E-state index in [1.54, 1.807) is 67.8 Å². The van der Waals surface area contributed by atoms with Crippen LogP contribution in [-0.2, 0) is 4.79 Å². The molecule has 34 heavy (non-hydrogen) atoms. The number of rotatable bonds is 10. The molecular formula is C26H25N3O5. The number of carbonyl (C=O) groups excluding carboxylic acids is 2. The van der Waals surface area contributed by atoms with Gasteiger partial charge in [0.2, 0.25) is 12.3 Å². The van der Waals surface area contributed by atoms with Gasteiger partial charge in [0.05, 0.1) is 25.1 Å². The van der Waals surface area contributed by atoms with Crippen molar-refractivity contribution < 1.29 is 23.5 Å². The van der Waals surface area contributed by atoms with Crippen molar-refractivity contribution in [2.45, 2.75) is 6.42 Å². The molecule has 1 aromatic heterocycles. The standard InChI is InChI=1S/C26H25N3O5/c1-32-23-9-4-6-19-16-24(34-25(19)23)29(17-30)14-5-15-33-20-12-10-18(11-13-20)26(31)28-22-8-3-2-7-21(22)27/h2-4,6-13,16-17H,5,14-15,27H2,1H3,(H,28,31). The van der Waals surface area contributed by atoms with E-state index in [1.807, 2.05) is 12.1 Å². The van der Waals surface area contributed by atoms with Crippen molar-refractivity contribution in [3.63, 3.8) is 0 Å². The number of benzene rings is 3. The maximum absolute atomic E-state index is 12.4. The maximum atomic E-state index is 12.4. The van der Waals surface area contributed by atoms with Crippen LogP contribution >= 0.6 is 0 Å². The van der Waals surface area contributed by atoms with E-state index in [4.69, 9.17) is 19.6 Å². The first-order chi connectivity index (χ1) is 16.6. The first-order valence-electron chi connectivity index (χ1n) is 10.8. The number of fused-ring (bicyclic) bond motifs is 1. The first-order valence-corrected chi connectivity index (χ1v) is 10.8. The van der Waals surface area contributed by atoms with Crippen LogP contribution < -0.4 is 25.4 Å². The fourth-order valence-corrected chi connectivity index (χ4v) is 3.47. The molecule has 0 atom stereocenters. The third kappa shape index (κ3) is 5.12. The van der Waals surface area contributed by atoms with Gasteiger partial charge in [-0.15, -0.1) is 0 Å². The Morgan fingerprint density at radius 2 is 1.88 bits per heavy atom. The normalized spacial score (nSPS) is 10.6. The number of furan rings is 1. The molecule has 0 spiro atoms. The van der Waals surface area contributed by atoms with Crippen molar-refractivity contribution in [3.8, 4) is 11.5 Å². The Hall–Kier alpha value is -4.46. The number of nitrogen functional groups attached to an aromatic ring is 1. The summed E-state index contributed by atoms with van der Waals surface area (Å²) in [5.41, 5.74) is 8.02. The summed E-state index contributed by atoms with van der Waals surface area (Å²) in [4.78, 5) is 25.5. The molecule has 4 rings (SSSR count). The van der Waals surface area contributed by atoms with E-state index in [0.717, 1.165) is 11.8 Å². The summed E-state index contributed by atoms with van der Waals surface area (Å²) < 4.78 is 16.9. The SMILES string of the molecule is COc1cccc2cc(N(C=O)CCCOc3ccc(C(=O)Nc4ccccc4N)cc3)oc12. The van der Waals surface area contributed by atoms with Crippen LogP contribution in [0.5, 0.6) is 11.5 Å². The predicted octanol–water partition coefficient (Wildman–Crippen LogP) is 4.71. The molecule has 0 saturated heterocycles. The van der Waals surface area contributed by atoms with Crippen LogP contribution in [0.15, 0.2) is 77.2 Å². The highest BCUT2D eigenvalue weighted by molar-refractivity contribution is 6.05. The zero-order valence-corrected chi connectivity index (χ0v) is 18.7. The molecular weight excluding hydrogens is 434 g/mol. The minimum absolute atomic E-state index is 0.256. The first kappa shape index (κ1) is 22.7. The number of amides is 2. The number of nitrogens with two attached hydrogens (primary N) is 1. The lowest BCUT2D eigenvalue weighted by Gasteiger charge is -2.14. The van der Waals surface area contributed by atoms with E-state index in [2.05, 4.69) is 5.32 Å². The van der Waals surface area contributed by atoms with Crippen molar-refractivity contribution in [3.05, 3.63) is 78.4 Å². The minimum atomic E-state index is -0.256. The average molecular weight is 460 g/mol. The molecule has 4 aromatic rings. The highest BCUT2D eigenvalue weighted by Gasteiger charge is 2.14. The molecule has 0 unspecified atom stereocenters. The van der Waals surface area contributed by atoms with Gasteiger partial charge >= 0.3 is 0 Å². The van der Waals surface area contributed by atoms with E-state index in [1.165, 1.54) is 4.90 Å². The molecule has 2 amide bonds. The highest BCUT2D eigenvalue weighted by atomic mass is 16.5. The zero-order valence-electron chi connectivity index (χ0n) is 18.7. The van der Waals surface area contributed by atoms with Crippen LogP contribution in [0.25, 0.3) is 11.0 Å². The number of hydrogen-bond acceptors (Lipinski definition) is 6. The maximum Gasteiger partial charge on any atom is 0.255 e. The van der Waals surface area contributed by atoms with E-state index in [0.29, 0.717) is 59.5 Å². The number of carbonyl (C=O) groups is 2. The molecule has 1 heterocycles. The van der Waals surface area contributed by atoms with Gasteiger partial charge in [-0.2, -0.15) is 0 Å². The van der Waals surface area contributed by atoms with E-state index < -0.39 is 0 Å². The number of methoxy groups -OCH3 is 1. The Kier molecular flexibility index (Phi) is 6.98. The van der Waals surface area contributed by atoms with Crippen LogP contribution in [0.2, 0.25) is 0 Å². The second-order valence-corrected chi connectivity index (χ2v) is 7.53. The average Bonchev–Trinajstić information content (AvgIpc) is 3.30. The number of hydrogen-bond donors (Lipinski definition) is 2. The summed E-state index contributed by atoms with van der Waals surface area (Å²) >= 11 is 0. The van der Waals surface area contributed by atoms with Gasteiger partial charge < -0.3 is 24.9 Å². The molecule has 0 aliphatic carbocycles. The Morgan fingerprint density at radius 3 is 2.62 bits per heavy atom. The van der Waals surface area contributed by atoms with E-state index in [-0.39, 0.29) is 5.91 Å². The largest absolute Gasteiger partial charge is 0.494 e. The van der Waals surface area contributed by atoms with Crippen LogP contribution in [0.4, 0.5) is 17.3 Å². The molecule has 0 bridgehead atoms. The molecule has 3 aromatic carbocycles.